The Morgan fingerprint density at radius 2 is 2.10 bits per heavy atom. The van der Waals surface area contributed by atoms with Gasteiger partial charge in [-0.1, -0.05) is 50.1 Å². The van der Waals surface area contributed by atoms with Crippen LogP contribution in [0, 0.1) is 5.92 Å². The highest BCUT2D eigenvalue weighted by Gasteiger charge is 2.35. The number of piperazine rings is 1. The molecule has 0 aromatic heterocycles. The lowest BCUT2D eigenvalue weighted by Crippen LogP contribution is -2.59. The Balaban J connectivity index is 2.16. The lowest BCUT2D eigenvalue weighted by molar-refractivity contribution is -0.146. The molecule has 2 unspecified atom stereocenters. The molecule has 108 valence electrons. The monoisotopic (exact) mass is 294 g/mol. The summed E-state index contributed by atoms with van der Waals surface area (Å²) in [6.07, 6.45) is 0.844. The molecule has 0 spiro atoms. The van der Waals surface area contributed by atoms with Crippen molar-refractivity contribution in [2.24, 2.45) is 5.92 Å². The number of carbonyl (C=O) groups excluding carboxylic acids is 2. The molecule has 5 heteroatoms. The van der Waals surface area contributed by atoms with E-state index in [1.54, 1.807) is 11.0 Å². The second-order valence-electron chi connectivity index (χ2n) is 5.22. The summed E-state index contributed by atoms with van der Waals surface area (Å²) >= 11 is 6.12. The first-order chi connectivity index (χ1) is 9.52. The van der Waals surface area contributed by atoms with Crippen molar-refractivity contribution < 1.29 is 9.59 Å². The predicted molar refractivity (Wildman–Crippen MR) is 78.3 cm³/mol. The molecule has 0 bridgehead atoms. The minimum atomic E-state index is -0.427. The molecule has 0 aliphatic carbocycles. The second-order valence-corrected chi connectivity index (χ2v) is 5.62. The summed E-state index contributed by atoms with van der Waals surface area (Å²) in [6, 6.07) is 6.96. The van der Waals surface area contributed by atoms with Crippen molar-refractivity contribution in [1.29, 1.82) is 0 Å². The van der Waals surface area contributed by atoms with E-state index in [0.717, 1.165) is 12.0 Å². The quantitative estimate of drug-likeness (QED) is 0.925. The first-order valence-corrected chi connectivity index (χ1v) is 7.22. The third kappa shape index (κ3) is 3.12. The first kappa shape index (κ1) is 14.9. The number of nitrogens with zero attached hydrogens (tertiary/aromatic N) is 1. The molecule has 4 nitrogen and oxygen atoms in total. The molecule has 1 aromatic rings. The van der Waals surface area contributed by atoms with Gasteiger partial charge in [0.05, 0.1) is 6.54 Å². The van der Waals surface area contributed by atoms with Gasteiger partial charge in [0.15, 0.2) is 0 Å². The number of hydrogen-bond donors (Lipinski definition) is 1. The smallest absolute Gasteiger partial charge is 0.246 e. The minimum Gasteiger partial charge on any atom is -0.342 e. The fourth-order valence-corrected chi connectivity index (χ4v) is 2.51. The van der Waals surface area contributed by atoms with Crippen molar-refractivity contribution in [2.75, 3.05) is 6.54 Å². The average Bonchev–Trinajstić information content (AvgIpc) is 2.44. The van der Waals surface area contributed by atoms with Gasteiger partial charge in [-0.3, -0.25) is 9.59 Å². The van der Waals surface area contributed by atoms with Crippen LogP contribution >= 0.6 is 11.6 Å². The number of carbonyl (C=O) groups is 2. The van der Waals surface area contributed by atoms with Gasteiger partial charge in [-0.25, -0.2) is 0 Å². The van der Waals surface area contributed by atoms with Crippen LogP contribution in [0.4, 0.5) is 0 Å². The zero-order valence-electron chi connectivity index (χ0n) is 11.7. The van der Waals surface area contributed by atoms with Gasteiger partial charge >= 0.3 is 0 Å². The predicted octanol–water partition coefficient (Wildman–Crippen LogP) is 2.21. The number of rotatable bonds is 4. The molecule has 1 aromatic carbocycles. The van der Waals surface area contributed by atoms with Crippen LogP contribution in [-0.4, -0.2) is 29.3 Å². The van der Waals surface area contributed by atoms with Crippen LogP contribution in [0.2, 0.25) is 5.02 Å². The van der Waals surface area contributed by atoms with E-state index in [0.29, 0.717) is 11.6 Å². The highest BCUT2D eigenvalue weighted by Crippen LogP contribution is 2.20. The maximum absolute atomic E-state index is 12.5. The maximum Gasteiger partial charge on any atom is 0.246 e. The second kappa shape index (κ2) is 6.27. The maximum atomic E-state index is 12.5. The van der Waals surface area contributed by atoms with Crippen molar-refractivity contribution in [3.63, 3.8) is 0 Å². The summed E-state index contributed by atoms with van der Waals surface area (Å²) in [6.45, 7) is 4.45. The number of hydrogen-bond acceptors (Lipinski definition) is 2. The van der Waals surface area contributed by atoms with Crippen molar-refractivity contribution >= 4 is 23.4 Å². The molecule has 2 amide bonds. The third-order valence-electron chi connectivity index (χ3n) is 3.76. The molecule has 1 aliphatic rings. The molecule has 1 aliphatic heterocycles. The number of nitrogens with one attached hydrogen (secondary N) is 1. The number of amides is 2. The number of benzene rings is 1. The highest BCUT2D eigenvalue weighted by atomic mass is 35.5. The fourth-order valence-electron chi connectivity index (χ4n) is 2.32. The largest absolute Gasteiger partial charge is 0.342 e. The molecule has 1 N–H and O–H groups in total. The average molecular weight is 295 g/mol. The molecule has 2 atom stereocenters. The van der Waals surface area contributed by atoms with Gasteiger partial charge in [0.1, 0.15) is 6.04 Å². The van der Waals surface area contributed by atoms with Gasteiger partial charge in [-0.05, 0) is 17.5 Å². The molecular formula is C15H19ClN2O2. The van der Waals surface area contributed by atoms with Gasteiger partial charge < -0.3 is 10.2 Å². The molecule has 20 heavy (non-hydrogen) atoms. The zero-order valence-corrected chi connectivity index (χ0v) is 12.5. The summed E-state index contributed by atoms with van der Waals surface area (Å²) in [5.41, 5.74) is 0.861. The first-order valence-electron chi connectivity index (χ1n) is 6.84. The molecule has 1 fully saturated rings. The standard InChI is InChI=1S/C15H19ClN2O2/c1-3-10(2)14-15(20)18(9-13(19)17-14)8-11-6-4-5-7-12(11)16/h4-7,10,14H,3,8-9H2,1-2H3,(H,17,19). The van der Waals surface area contributed by atoms with Crippen molar-refractivity contribution in [3.8, 4) is 0 Å². The molecular weight excluding hydrogens is 276 g/mol. The van der Waals surface area contributed by atoms with Gasteiger partial charge in [-0.2, -0.15) is 0 Å². The SMILES string of the molecule is CCC(C)C1NC(=O)CN(Cc2ccccc2Cl)C1=O. The lowest BCUT2D eigenvalue weighted by Gasteiger charge is -2.35. The molecule has 0 saturated carbocycles. The minimum absolute atomic E-state index is 0.0288. The topological polar surface area (TPSA) is 49.4 Å². The van der Waals surface area contributed by atoms with Crippen LogP contribution in [0.1, 0.15) is 25.8 Å². The molecule has 2 rings (SSSR count). The fraction of sp³-hybridized carbons (Fsp3) is 0.467. The van der Waals surface area contributed by atoms with Crippen LogP contribution in [0.5, 0.6) is 0 Å². The molecule has 1 heterocycles. The van der Waals surface area contributed by atoms with E-state index in [9.17, 15) is 9.59 Å². The highest BCUT2D eigenvalue weighted by molar-refractivity contribution is 6.31. The van der Waals surface area contributed by atoms with Gasteiger partial charge in [0.2, 0.25) is 11.8 Å². The Kier molecular flexibility index (Phi) is 4.65. The Labute approximate surface area is 124 Å². The van der Waals surface area contributed by atoms with E-state index in [-0.39, 0.29) is 24.3 Å². The third-order valence-corrected chi connectivity index (χ3v) is 4.13. The van der Waals surface area contributed by atoms with Crippen LogP contribution in [-0.2, 0) is 16.1 Å². The zero-order chi connectivity index (χ0) is 14.7. The molecule has 1 saturated heterocycles. The van der Waals surface area contributed by atoms with E-state index in [4.69, 9.17) is 11.6 Å². The Bertz CT molecular complexity index is 518. The van der Waals surface area contributed by atoms with Crippen LogP contribution in [0.25, 0.3) is 0 Å². The van der Waals surface area contributed by atoms with Crippen LogP contribution < -0.4 is 5.32 Å². The summed E-state index contributed by atoms with van der Waals surface area (Å²) in [5.74, 6) is -0.0127. The Hall–Kier alpha value is -1.55. The Morgan fingerprint density at radius 3 is 2.75 bits per heavy atom. The lowest BCUT2D eigenvalue weighted by atomic mass is 9.96. The van der Waals surface area contributed by atoms with E-state index in [1.807, 2.05) is 32.0 Å². The number of halogens is 1. The summed E-state index contributed by atoms with van der Waals surface area (Å²) in [5, 5.41) is 3.40. The Morgan fingerprint density at radius 1 is 1.40 bits per heavy atom. The van der Waals surface area contributed by atoms with Crippen LogP contribution in [0.15, 0.2) is 24.3 Å². The van der Waals surface area contributed by atoms with Gasteiger partial charge in [0, 0.05) is 11.6 Å². The van der Waals surface area contributed by atoms with Crippen LogP contribution in [0.3, 0.4) is 0 Å². The van der Waals surface area contributed by atoms with E-state index >= 15 is 0 Å². The summed E-state index contributed by atoms with van der Waals surface area (Å²) in [7, 11) is 0. The summed E-state index contributed by atoms with van der Waals surface area (Å²) < 4.78 is 0. The van der Waals surface area contributed by atoms with E-state index in [2.05, 4.69) is 5.32 Å². The summed E-state index contributed by atoms with van der Waals surface area (Å²) in [4.78, 5) is 25.8. The van der Waals surface area contributed by atoms with Crippen molar-refractivity contribution in [3.05, 3.63) is 34.9 Å². The molecule has 0 radical (unpaired) electrons. The van der Waals surface area contributed by atoms with Gasteiger partial charge in [-0.15, -0.1) is 0 Å². The van der Waals surface area contributed by atoms with E-state index < -0.39 is 6.04 Å². The normalized spacial score (nSPS) is 20.8. The van der Waals surface area contributed by atoms with Crippen molar-refractivity contribution in [2.45, 2.75) is 32.9 Å². The van der Waals surface area contributed by atoms with E-state index in [1.165, 1.54) is 0 Å². The van der Waals surface area contributed by atoms with Gasteiger partial charge in [0.25, 0.3) is 0 Å². The van der Waals surface area contributed by atoms with Crippen molar-refractivity contribution in [1.82, 2.24) is 10.2 Å².